The summed E-state index contributed by atoms with van der Waals surface area (Å²) >= 11 is 0. The van der Waals surface area contributed by atoms with Crippen LogP contribution in [0.5, 0.6) is 5.75 Å². The second-order valence-corrected chi connectivity index (χ2v) is 4.70. The van der Waals surface area contributed by atoms with Gasteiger partial charge in [-0.05, 0) is 24.5 Å². The van der Waals surface area contributed by atoms with Crippen LogP contribution in [0.15, 0.2) is 18.2 Å². The van der Waals surface area contributed by atoms with E-state index in [1.807, 2.05) is 18.2 Å². The molecule has 0 spiro atoms. The summed E-state index contributed by atoms with van der Waals surface area (Å²) in [4.78, 5) is 11.4. The Hall–Kier alpha value is -1.55. The van der Waals surface area contributed by atoms with Crippen molar-refractivity contribution in [2.75, 3.05) is 14.2 Å². The first-order valence-electron chi connectivity index (χ1n) is 6.04. The second kappa shape index (κ2) is 4.98. The van der Waals surface area contributed by atoms with E-state index in [9.17, 15) is 9.90 Å². The SMILES string of the molecule is COCc1ccc(C2(C(=O)O)CCC2)cc1OC. The maximum atomic E-state index is 11.4. The van der Waals surface area contributed by atoms with Crippen LogP contribution in [-0.4, -0.2) is 25.3 Å². The van der Waals surface area contributed by atoms with Crippen molar-refractivity contribution in [2.24, 2.45) is 0 Å². The standard InChI is InChI=1S/C14H18O4/c1-17-9-10-4-5-11(8-12(10)18-2)14(13(15)16)6-3-7-14/h4-5,8H,3,6-7,9H2,1-2H3,(H,15,16). The average Bonchev–Trinajstić information content (AvgIpc) is 2.29. The normalized spacial score (nSPS) is 17.0. The van der Waals surface area contributed by atoms with Crippen LogP contribution in [0.25, 0.3) is 0 Å². The molecule has 1 fully saturated rings. The number of hydrogen-bond acceptors (Lipinski definition) is 3. The van der Waals surface area contributed by atoms with E-state index >= 15 is 0 Å². The molecule has 1 aliphatic rings. The number of carboxylic acids is 1. The van der Waals surface area contributed by atoms with E-state index in [0.29, 0.717) is 25.2 Å². The maximum Gasteiger partial charge on any atom is 0.314 e. The van der Waals surface area contributed by atoms with Gasteiger partial charge in [-0.3, -0.25) is 4.79 Å². The fourth-order valence-corrected chi connectivity index (χ4v) is 2.47. The molecular weight excluding hydrogens is 232 g/mol. The molecule has 1 aromatic rings. The molecule has 1 aliphatic carbocycles. The molecule has 18 heavy (non-hydrogen) atoms. The first kappa shape index (κ1) is 12.9. The van der Waals surface area contributed by atoms with Crippen LogP contribution in [0, 0.1) is 0 Å². The highest BCUT2D eigenvalue weighted by Gasteiger charge is 2.46. The zero-order valence-corrected chi connectivity index (χ0v) is 10.7. The van der Waals surface area contributed by atoms with Crippen molar-refractivity contribution in [3.05, 3.63) is 29.3 Å². The summed E-state index contributed by atoms with van der Waals surface area (Å²) in [5, 5.41) is 9.41. The lowest BCUT2D eigenvalue weighted by molar-refractivity contribution is -0.147. The Bertz CT molecular complexity index is 449. The largest absolute Gasteiger partial charge is 0.496 e. The molecule has 98 valence electrons. The third kappa shape index (κ3) is 1.97. The van der Waals surface area contributed by atoms with Crippen LogP contribution in [0.1, 0.15) is 30.4 Å². The highest BCUT2D eigenvalue weighted by atomic mass is 16.5. The Balaban J connectivity index is 2.37. The van der Waals surface area contributed by atoms with E-state index in [1.54, 1.807) is 14.2 Å². The van der Waals surface area contributed by atoms with Gasteiger partial charge in [-0.15, -0.1) is 0 Å². The van der Waals surface area contributed by atoms with E-state index in [1.165, 1.54) is 0 Å². The van der Waals surface area contributed by atoms with Crippen molar-refractivity contribution >= 4 is 5.97 Å². The smallest absolute Gasteiger partial charge is 0.314 e. The molecule has 0 aromatic heterocycles. The predicted octanol–water partition coefficient (Wildman–Crippen LogP) is 2.35. The van der Waals surface area contributed by atoms with E-state index in [-0.39, 0.29) is 0 Å². The molecule has 0 saturated heterocycles. The molecular formula is C14H18O4. The lowest BCUT2D eigenvalue weighted by atomic mass is 9.64. The molecule has 1 N–H and O–H groups in total. The zero-order valence-electron chi connectivity index (χ0n) is 10.7. The van der Waals surface area contributed by atoms with Crippen LogP contribution in [0.4, 0.5) is 0 Å². The fraction of sp³-hybridized carbons (Fsp3) is 0.500. The summed E-state index contributed by atoms with van der Waals surface area (Å²) in [5.74, 6) is -0.0443. The second-order valence-electron chi connectivity index (χ2n) is 4.70. The highest BCUT2D eigenvalue weighted by Crippen LogP contribution is 2.45. The maximum absolute atomic E-state index is 11.4. The number of benzene rings is 1. The predicted molar refractivity (Wildman–Crippen MR) is 66.9 cm³/mol. The van der Waals surface area contributed by atoms with Crippen molar-refractivity contribution in [3.63, 3.8) is 0 Å². The first-order valence-corrected chi connectivity index (χ1v) is 6.04. The zero-order chi connectivity index (χ0) is 13.2. The summed E-state index contributed by atoms with van der Waals surface area (Å²) in [6, 6.07) is 5.60. The van der Waals surface area contributed by atoms with E-state index in [2.05, 4.69) is 0 Å². The Kier molecular flexibility index (Phi) is 3.57. The molecule has 0 heterocycles. The Labute approximate surface area is 107 Å². The molecule has 4 nitrogen and oxygen atoms in total. The summed E-state index contributed by atoms with van der Waals surface area (Å²) in [5.41, 5.74) is 1.06. The minimum absolute atomic E-state index is 0.462. The van der Waals surface area contributed by atoms with Crippen LogP contribution in [0.2, 0.25) is 0 Å². The molecule has 0 atom stereocenters. The van der Waals surface area contributed by atoms with Gasteiger partial charge in [-0.25, -0.2) is 0 Å². The van der Waals surface area contributed by atoms with Gasteiger partial charge in [-0.2, -0.15) is 0 Å². The van der Waals surface area contributed by atoms with Gasteiger partial charge in [0.1, 0.15) is 5.75 Å². The van der Waals surface area contributed by atoms with Crippen molar-refractivity contribution in [2.45, 2.75) is 31.3 Å². The van der Waals surface area contributed by atoms with Gasteiger partial charge < -0.3 is 14.6 Å². The Morgan fingerprint density at radius 3 is 2.56 bits per heavy atom. The van der Waals surface area contributed by atoms with Gasteiger partial charge in [0.2, 0.25) is 0 Å². The molecule has 0 unspecified atom stereocenters. The summed E-state index contributed by atoms with van der Waals surface area (Å²) in [6.45, 7) is 0.462. The molecule has 2 rings (SSSR count). The van der Waals surface area contributed by atoms with Crippen LogP contribution in [-0.2, 0) is 21.6 Å². The van der Waals surface area contributed by atoms with Crippen molar-refractivity contribution in [1.29, 1.82) is 0 Å². The number of carboxylic acid groups (broad SMARTS) is 1. The lowest BCUT2D eigenvalue weighted by Crippen LogP contribution is -2.42. The van der Waals surface area contributed by atoms with Gasteiger partial charge in [0, 0.05) is 12.7 Å². The van der Waals surface area contributed by atoms with Crippen LogP contribution in [0.3, 0.4) is 0 Å². The minimum atomic E-state index is -0.740. The third-order valence-electron chi connectivity index (χ3n) is 3.76. The summed E-state index contributed by atoms with van der Waals surface area (Å²) < 4.78 is 10.4. The van der Waals surface area contributed by atoms with Gasteiger partial charge in [0.05, 0.1) is 19.1 Å². The number of rotatable bonds is 5. The van der Waals surface area contributed by atoms with Gasteiger partial charge in [0.25, 0.3) is 0 Å². The van der Waals surface area contributed by atoms with Crippen LogP contribution >= 0.6 is 0 Å². The van der Waals surface area contributed by atoms with E-state index in [0.717, 1.165) is 17.5 Å². The molecule has 4 heteroatoms. The quantitative estimate of drug-likeness (QED) is 0.871. The number of methoxy groups -OCH3 is 2. The number of hydrogen-bond donors (Lipinski definition) is 1. The number of aliphatic carboxylic acids is 1. The average molecular weight is 250 g/mol. The summed E-state index contributed by atoms with van der Waals surface area (Å²) in [6.07, 6.45) is 2.37. The molecule has 0 radical (unpaired) electrons. The molecule has 1 saturated carbocycles. The van der Waals surface area contributed by atoms with Crippen molar-refractivity contribution < 1.29 is 19.4 Å². The van der Waals surface area contributed by atoms with Crippen LogP contribution < -0.4 is 4.74 Å². The minimum Gasteiger partial charge on any atom is -0.496 e. The first-order chi connectivity index (χ1) is 8.64. The number of carbonyl (C=O) groups is 1. The van der Waals surface area contributed by atoms with Gasteiger partial charge in [-0.1, -0.05) is 18.6 Å². The van der Waals surface area contributed by atoms with Crippen molar-refractivity contribution in [1.82, 2.24) is 0 Å². The summed E-state index contributed by atoms with van der Waals surface area (Å²) in [7, 11) is 3.21. The Morgan fingerprint density at radius 1 is 1.39 bits per heavy atom. The number of ether oxygens (including phenoxy) is 2. The van der Waals surface area contributed by atoms with E-state index in [4.69, 9.17) is 9.47 Å². The topological polar surface area (TPSA) is 55.8 Å². The molecule has 0 aliphatic heterocycles. The lowest BCUT2D eigenvalue weighted by Gasteiger charge is -2.38. The van der Waals surface area contributed by atoms with E-state index < -0.39 is 11.4 Å². The van der Waals surface area contributed by atoms with Crippen molar-refractivity contribution in [3.8, 4) is 5.75 Å². The monoisotopic (exact) mass is 250 g/mol. The molecule has 0 bridgehead atoms. The third-order valence-corrected chi connectivity index (χ3v) is 3.76. The van der Waals surface area contributed by atoms with Gasteiger partial charge in [0.15, 0.2) is 0 Å². The van der Waals surface area contributed by atoms with Gasteiger partial charge >= 0.3 is 5.97 Å². The molecule has 1 aromatic carbocycles. The molecule has 0 amide bonds. The Morgan fingerprint density at radius 2 is 2.11 bits per heavy atom. The fourth-order valence-electron chi connectivity index (χ4n) is 2.47. The highest BCUT2D eigenvalue weighted by molar-refractivity contribution is 5.82.